The molecule has 0 saturated carbocycles. The van der Waals surface area contributed by atoms with Gasteiger partial charge in [0.2, 0.25) is 0 Å². The molecule has 5 nitrogen and oxygen atoms in total. The van der Waals surface area contributed by atoms with E-state index >= 15 is 0 Å². The van der Waals surface area contributed by atoms with Crippen LogP contribution < -0.4 is 10.6 Å². The van der Waals surface area contributed by atoms with Crippen molar-refractivity contribution in [3.63, 3.8) is 0 Å². The number of anilines is 1. The van der Waals surface area contributed by atoms with Gasteiger partial charge in [0.1, 0.15) is 5.69 Å². The molecule has 1 aromatic heterocycles. The largest absolute Gasteiger partial charge is 0.363 e. The number of rotatable bonds is 1. The van der Waals surface area contributed by atoms with Crippen LogP contribution in [0.15, 0.2) is 4.79 Å². The molecule has 0 spiro atoms. The second-order valence-corrected chi connectivity index (χ2v) is 3.95. The summed E-state index contributed by atoms with van der Waals surface area (Å²) in [6.45, 7) is 3.85. The standard InChI is InChI=1S/C10H16N4O/c1-8-9(11-10(15)13-12-8)14-6-4-2-3-5-7-14/h2-7H2,1H3,(H,11,13,15). The summed E-state index contributed by atoms with van der Waals surface area (Å²) in [5.41, 5.74) is 0.441. The normalized spacial score (nSPS) is 17.5. The van der Waals surface area contributed by atoms with E-state index in [2.05, 4.69) is 20.1 Å². The lowest BCUT2D eigenvalue weighted by Gasteiger charge is -2.21. The minimum atomic E-state index is -0.361. The van der Waals surface area contributed by atoms with E-state index in [9.17, 15) is 4.79 Å². The molecule has 0 unspecified atom stereocenters. The molecule has 1 N–H and O–H groups in total. The van der Waals surface area contributed by atoms with Crippen molar-refractivity contribution in [2.75, 3.05) is 18.0 Å². The molecule has 2 rings (SSSR count). The van der Waals surface area contributed by atoms with Gasteiger partial charge in [0.25, 0.3) is 0 Å². The first kappa shape index (κ1) is 10.1. The van der Waals surface area contributed by atoms with Crippen LogP contribution in [0.5, 0.6) is 0 Å². The summed E-state index contributed by atoms with van der Waals surface area (Å²) in [5.74, 6) is 0.751. The Labute approximate surface area is 88.5 Å². The Morgan fingerprint density at radius 2 is 1.87 bits per heavy atom. The van der Waals surface area contributed by atoms with E-state index in [0.29, 0.717) is 0 Å². The number of H-pyrrole nitrogens is 1. The van der Waals surface area contributed by atoms with Crippen LogP contribution in [-0.4, -0.2) is 28.3 Å². The van der Waals surface area contributed by atoms with Gasteiger partial charge in [-0.1, -0.05) is 12.8 Å². The van der Waals surface area contributed by atoms with Crippen LogP contribution in [0.2, 0.25) is 0 Å². The fourth-order valence-corrected chi connectivity index (χ4v) is 1.97. The lowest BCUT2D eigenvalue weighted by Crippen LogP contribution is -2.29. The van der Waals surface area contributed by atoms with Crippen LogP contribution >= 0.6 is 0 Å². The first-order valence-corrected chi connectivity index (χ1v) is 5.45. The van der Waals surface area contributed by atoms with Gasteiger partial charge < -0.3 is 4.90 Å². The number of hydrogen-bond acceptors (Lipinski definition) is 4. The maximum Gasteiger partial charge on any atom is 0.363 e. The van der Waals surface area contributed by atoms with Gasteiger partial charge in [-0.15, -0.1) is 0 Å². The Hall–Kier alpha value is -1.39. The predicted octanol–water partition coefficient (Wildman–Crippen LogP) is 0.854. The predicted molar refractivity (Wildman–Crippen MR) is 58.1 cm³/mol. The molecular weight excluding hydrogens is 192 g/mol. The van der Waals surface area contributed by atoms with E-state index in [1.807, 2.05) is 6.92 Å². The van der Waals surface area contributed by atoms with Crippen LogP contribution in [-0.2, 0) is 0 Å². The van der Waals surface area contributed by atoms with E-state index in [1.165, 1.54) is 25.7 Å². The van der Waals surface area contributed by atoms with Crippen molar-refractivity contribution >= 4 is 5.82 Å². The van der Waals surface area contributed by atoms with Gasteiger partial charge >= 0.3 is 5.69 Å². The van der Waals surface area contributed by atoms with Gasteiger partial charge in [0.15, 0.2) is 5.82 Å². The molecule has 0 atom stereocenters. The molecule has 5 heteroatoms. The highest BCUT2D eigenvalue weighted by atomic mass is 16.1. The molecule has 2 heterocycles. The summed E-state index contributed by atoms with van der Waals surface area (Å²) in [6.07, 6.45) is 4.89. The molecule has 1 saturated heterocycles. The van der Waals surface area contributed by atoms with Gasteiger partial charge in [-0.25, -0.2) is 9.89 Å². The first-order chi connectivity index (χ1) is 7.27. The van der Waals surface area contributed by atoms with Crippen molar-refractivity contribution < 1.29 is 0 Å². The number of aromatic nitrogens is 3. The third-order valence-corrected chi connectivity index (χ3v) is 2.76. The quantitative estimate of drug-likeness (QED) is 0.743. The fraction of sp³-hybridized carbons (Fsp3) is 0.700. The summed E-state index contributed by atoms with van der Waals surface area (Å²) in [5, 5.41) is 6.29. The van der Waals surface area contributed by atoms with E-state index in [1.54, 1.807) is 0 Å². The van der Waals surface area contributed by atoms with Crippen LogP contribution in [0.4, 0.5) is 5.82 Å². The maximum atomic E-state index is 11.1. The maximum absolute atomic E-state index is 11.1. The van der Waals surface area contributed by atoms with E-state index in [4.69, 9.17) is 0 Å². The Bertz CT molecular complexity index is 379. The Balaban J connectivity index is 2.26. The lowest BCUT2D eigenvalue weighted by molar-refractivity contribution is 0.726. The molecule has 15 heavy (non-hydrogen) atoms. The number of hydrogen-bond donors (Lipinski definition) is 1. The first-order valence-electron chi connectivity index (χ1n) is 5.45. The van der Waals surface area contributed by atoms with Crippen molar-refractivity contribution in [1.29, 1.82) is 0 Å². The molecule has 1 fully saturated rings. The van der Waals surface area contributed by atoms with Gasteiger partial charge in [0, 0.05) is 13.1 Å². The third-order valence-electron chi connectivity index (χ3n) is 2.76. The number of nitrogens with one attached hydrogen (secondary N) is 1. The highest BCUT2D eigenvalue weighted by molar-refractivity contribution is 5.41. The van der Waals surface area contributed by atoms with E-state index < -0.39 is 0 Å². The Morgan fingerprint density at radius 3 is 2.53 bits per heavy atom. The fourth-order valence-electron chi connectivity index (χ4n) is 1.97. The minimum absolute atomic E-state index is 0.361. The highest BCUT2D eigenvalue weighted by Crippen LogP contribution is 2.17. The molecule has 0 radical (unpaired) electrons. The summed E-state index contributed by atoms with van der Waals surface area (Å²) in [4.78, 5) is 17.3. The average molecular weight is 208 g/mol. The molecular formula is C10H16N4O. The van der Waals surface area contributed by atoms with E-state index in [-0.39, 0.29) is 5.69 Å². The third kappa shape index (κ3) is 2.34. The molecule has 0 bridgehead atoms. The van der Waals surface area contributed by atoms with Crippen LogP contribution in [0, 0.1) is 6.92 Å². The molecule has 0 aliphatic carbocycles. The molecule has 82 valence electrons. The molecule has 1 aromatic rings. The van der Waals surface area contributed by atoms with Crippen molar-refractivity contribution in [1.82, 2.24) is 15.2 Å². The zero-order valence-corrected chi connectivity index (χ0v) is 8.99. The smallest absolute Gasteiger partial charge is 0.355 e. The molecule has 0 aromatic carbocycles. The SMILES string of the molecule is Cc1n[nH]c(=O)nc1N1CCCCCC1. The lowest BCUT2D eigenvalue weighted by atomic mass is 10.2. The van der Waals surface area contributed by atoms with Gasteiger partial charge in [-0.3, -0.25) is 0 Å². The minimum Gasteiger partial charge on any atom is -0.355 e. The summed E-state index contributed by atoms with van der Waals surface area (Å²) < 4.78 is 0. The Kier molecular flexibility index (Phi) is 2.99. The second-order valence-electron chi connectivity index (χ2n) is 3.95. The number of aromatic amines is 1. The van der Waals surface area contributed by atoms with Crippen LogP contribution in [0.3, 0.4) is 0 Å². The monoisotopic (exact) mass is 208 g/mol. The summed E-state index contributed by atoms with van der Waals surface area (Å²) in [7, 11) is 0. The van der Waals surface area contributed by atoms with Crippen LogP contribution in [0.25, 0.3) is 0 Å². The number of aryl methyl sites for hydroxylation is 1. The number of nitrogens with zero attached hydrogens (tertiary/aromatic N) is 3. The topological polar surface area (TPSA) is 61.9 Å². The van der Waals surface area contributed by atoms with Crippen LogP contribution in [0.1, 0.15) is 31.4 Å². The zero-order valence-electron chi connectivity index (χ0n) is 8.99. The Morgan fingerprint density at radius 1 is 1.20 bits per heavy atom. The van der Waals surface area contributed by atoms with E-state index in [0.717, 1.165) is 24.6 Å². The van der Waals surface area contributed by atoms with Gasteiger partial charge in [-0.05, 0) is 19.8 Å². The molecule has 0 amide bonds. The molecule has 1 aliphatic rings. The summed E-state index contributed by atoms with van der Waals surface area (Å²) in [6, 6.07) is 0. The second kappa shape index (κ2) is 4.42. The van der Waals surface area contributed by atoms with Crippen molar-refractivity contribution in [3.05, 3.63) is 16.2 Å². The highest BCUT2D eigenvalue weighted by Gasteiger charge is 2.14. The van der Waals surface area contributed by atoms with Gasteiger partial charge in [-0.2, -0.15) is 10.1 Å². The zero-order chi connectivity index (χ0) is 10.7. The molecule has 1 aliphatic heterocycles. The van der Waals surface area contributed by atoms with Crippen molar-refractivity contribution in [3.8, 4) is 0 Å². The summed E-state index contributed by atoms with van der Waals surface area (Å²) >= 11 is 0. The van der Waals surface area contributed by atoms with Gasteiger partial charge in [0.05, 0.1) is 0 Å². The van der Waals surface area contributed by atoms with Crippen molar-refractivity contribution in [2.24, 2.45) is 0 Å². The van der Waals surface area contributed by atoms with Crippen molar-refractivity contribution in [2.45, 2.75) is 32.6 Å². The average Bonchev–Trinajstić information content (AvgIpc) is 2.50.